The highest BCUT2D eigenvalue weighted by Crippen LogP contribution is 2.37. The molecule has 1 amide bonds. The van der Waals surface area contributed by atoms with Crippen LogP contribution in [0.25, 0.3) is 0 Å². The maximum absolute atomic E-state index is 12.9. The first-order valence-corrected chi connectivity index (χ1v) is 11.4. The molecule has 4 nitrogen and oxygen atoms in total. The number of thioether (sulfide) groups is 1. The zero-order valence-corrected chi connectivity index (χ0v) is 16.1. The molecule has 0 bridgehead atoms. The van der Waals surface area contributed by atoms with Crippen molar-refractivity contribution in [1.82, 2.24) is 4.90 Å². The third-order valence-electron chi connectivity index (χ3n) is 4.15. The number of alkyl halides is 2. The molecule has 2 aromatic rings. The minimum absolute atomic E-state index is 0.188. The Balaban J connectivity index is 1.82. The molecule has 1 saturated heterocycles. The first-order chi connectivity index (χ1) is 12.4. The summed E-state index contributed by atoms with van der Waals surface area (Å²) < 4.78 is 49.7. The van der Waals surface area contributed by atoms with Crippen LogP contribution in [0.3, 0.4) is 0 Å². The topological polar surface area (TPSA) is 54.5 Å². The number of benzene rings is 1. The Morgan fingerprint density at radius 1 is 1.15 bits per heavy atom. The second-order valence-corrected chi connectivity index (χ2v) is 9.93. The number of halogens is 2. The molecule has 1 fully saturated rings. The highest BCUT2D eigenvalue weighted by atomic mass is 32.2. The molecule has 26 heavy (non-hydrogen) atoms. The van der Waals surface area contributed by atoms with Crippen LogP contribution < -0.4 is 0 Å². The van der Waals surface area contributed by atoms with Gasteiger partial charge in [0.25, 0.3) is 5.91 Å². The van der Waals surface area contributed by atoms with Gasteiger partial charge in [0.15, 0.2) is 0 Å². The molecular weight excluding hydrogens is 400 g/mol. The summed E-state index contributed by atoms with van der Waals surface area (Å²) in [6.07, 6.45) is 0.737. The van der Waals surface area contributed by atoms with E-state index in [0.717, 1.165) is 12.5 Å². The van der Waals surface area contributed by atoms with E-state index in [1.54, 1.807) is 28.0 Å². The maximum Gasteiger partial charge on any atom is 0.341 e. The molecule has 0 saturated carbocycles. The van der Waals surface area contributed by atoms with Crippen molar-refractivity contribution < 1.29 is 22.0 Å². The molecule has 0 aliphatic carbocycles. The molecular formula is C17H17F2NO3S3. The Kier molecular flexibility index (Phi) is 5.99. The second kappa shape index (κ2) is 8.06. The van der Waals surface area contributed by atoms with Crippen molar-refractivity contribution in [2.75, 3.05) is 18.8 Å². The van der Waals surface area contributed by atoms with E-state index in [4.69, 9.17) is 0 Å². The van der Waals surface area contributed by atoms with Gasteiger partial charge in [-0.25, -0.2) is 8.42 Å². The normalized spacial score (nSPS) is 18.7. The van der Waals surface area contributed by atoms with Crippen LogP contribution in [0.5, 0.6) is 0 Å². The molecule has 140 valence electrons. The summed E-state index contributed by atoms with van der Waals surface area (Å²) in [7, 11) is -4.83. The lowest BCUT2D eigenvalue weighted by Crippen LogP contribution is -2.34. The van der Waals surface area contributed by atoms with E-state index in [0.29, 0.717) is 18.8 Å². The van der Waals surface area contributed by atoms with Crippen LogP contribution in [0.2, 0.25) is 0 Å². The van der Waals surface area contributed by atoms with Crippen LogP contribution in [0.15, 0.2) is 46.7 Å². The van der Waals surface area contributed by atoms with Gasteiger partial charge in [-0.3, -0.25) is 4.79 Å². The summed E-state index contributed by atoms with van der Waals surface area (Å²) in [6.45, 7) is 0.909. The van der Waals surface area contributed by atoms with Gasteiger partial charge in [-0.2, -0.15) is 20.5 Å². The van der Waals surface area contributed by atoms with Gasteiger partial charge in [0, 0.05) is 29.0 Å². The fourth-order valence-electron chi connectivity index (χ4n) is 2.83. The predicted molar refractivity (Wildman–Crippen MR) is 99.7 cm³/mol. The maximum atomic E-state index is 12.9. The zero-order chi connectivity index (χ0) is 18.7. The van der Waals surface area contributed by atoms with Crippen molar-refractivity contribution in [3.8, 4) is 0 Å². The summed E-state index contributed by atoms with van der Waals surface area (Å²) >= 11 is 3.42. The van der Waals surface area contributed by atoms with Crippen molar-refractivity contribution in [2.24, 2.45) is 0 Å². The number of sulfone groups is 1. The molecule has 9 heteroatoms. The number of thiophene rings is 1. The molecule has 0 N–H and O–H groups in total. The van der Waals surface area contributed by atoms with E-state index in [9.17, 15) is 22.0 Å². The Hall–Kier alpha value is -1.45. The summed E-state index contributed by atoms with van der Waals surface area (Å²) in [5.74, 6) is -3.37. The van der Waals surface area contributed by atoms with Gasteiger partial charge in [-0.05, 0) is 30.0 Å². The van der Waals surface area contributed by atoms with Gasteiger partial charge in [0.05, 0.1) is 10.5 Å². The van der Waals surface area contributed by atoms with Gasteiger partial charge < -0.3 is 4.90 Å². The van der Waals surface area contributed by atoms with Crippen LogP contribution in [0, 0.1) is 0 Å². The van der Waals surface area contributed by atoms with E-state index in [1.807, 2.05) is 11.4 Å². The van der Waals surface area contributed by atoms with Crippen molar-refractivity contribution in [1.29, 1.82) is 0 Å². The summed E-state index contributed by atoms with van der Waals surface area (Å²) in [4.78, 5) is 15.0. The smallest absolute Gasteiger partial charge is 0.338 e. The van der Waals surface area contributed by atoms with Crippen LogP contribution in [0.4, 0.5) is 8.78 Å². The lowest BCUT2D eigenvalue weighted by Gasteiger charge is -2.21. The van der Waals surface area contributed by atoms with E-state index >= 15 is 0 Å². The minimum atomic E-state index is -4.83. The molecule has 0 spiro atoms. The number of nitrogens with zero attached hydrogens (tertiary/aromatic N) is 1. The third-order valence-corrected chi connectivity index (χ3v) is 8.03. The van der Waals surface area contributed by atoms with Crippen molar-refractivity contribution in [3.63, 3.8) is 0 Å². The largest absolute Gasteiger partial charge is 0.341 e. The average Bonchev–Trinajstić information content (AvgIpc) is 3.05. The lowest BCUT2D eigenvalue weighted by atomic mass is 10.1. The Bertz CT molecular complexity index is 869. The van der Waals surface area contributed by atoms with E-state index in [1.165, 1.54) is 23.1 Å². The molecule has 1 aromatic heterocycles. The molecule has 1 aliphatic heterocycles. The van der Waals surface area contributed by atoms with E-state index in [-0.39, 0.29) is 10.8 Å². The van der Waals surface area contributed by atoms with Gasteiger partial charge in [-0.15, -0.1) is 11.3 Å². The van der Waals surface area contributed by atoms with Crippen LogP contribution >= 0.6 is 23.1 Å². The Morgan fingerprint density at radius 2 is 1.92 bits per heavy atom. The standard InChI is InChI=1S/C17H17F2NO3S3/c18-17(19)26(22,23)15-6-2-1-4-12(15)16(21)20-8-7-14(25-11-9-20)13-5-3-10-24-13/h1-6,10,14,17H,7-9,11H2/t14-/m1/s1. The predicted octanol–water partition coefficient (Wildman–Crippen LogP) is 4.06. The number of hydrogen-bond acceptors (Lipinski definition) is 5. The number of carbonyl (C=O) groups is 1. The molecule has 0 radical (unpaired) electrons. The van der Waals surface area contributed by atoms with Crippen LogP contribution in [0.1, 0.15) is 26.9 Å². The summed E-state index contributed by atoms with van der Waals surface area (Å²) in [6, 6.07) is 9.24. The Morgan fingerprint density at radius 3 is 2.62 bits per heavy atom. The molecule has 1 atom stereocenters. The number of carbonyl (C=O) groups excluding carboxylic acids is 1. The molecule has 2 heterocycles. The molecule has 1 aromatic carbocycles. The van der Waals surface area contributed by atoms with Gasteiger partial charge in [0.2, 0.25) is 9.84 Å². The third kappa shape index (κ3) is 3.94. The van der Waals surface area contributed by atoms with E-state index in [2.05, 4.69) is 6.07 Å². The SMILES string of the molecule is O=C(c1ccccc1S(=O)(=O)C(F)F)N1CCS[C@@H](c2cccs2)CC1. The highest BCUT2D eigenvalue weighted by Gasteiger charge is 2.32. The van der Waals surface area contributed by atoms with Gasteiger partial charge in [0.1, 0.15) is 0 Å². The Labute approximate surface area is 159 Å². The van der Waals surface area contributed by atoms with E-state index < -0.39 is 26.4 Å². The number of rotatable bonds is 4. The van der Waals surface area contributed by atoms with Crippen LogP contribution in [-0.4, -0.2) is 43.8 Å². The fraction of sp³-hybridized carbons (Fsp3) is 0.353. The monoisotopic (exact) mass is 417 g/mol. The van der Waals surface area contributed by atoms with Crippen molar-refractivity contribution >= 4 is 38.8 Å². The second-order valence-electron chi connectivity index (χ2n) is 5.76. The lowest BCUT2D eigenvalue weighted by molar-refractivity contribution is 0.0762. The van der Waals surface area contributed by atoms with Gasteiger partial charge in [-0.1, -0.05) is 18.2 Å². The molecule has 3 rings (SSSR count). The molecule has 1 aliphatic rings. The minimum Gasteiger partial charge on any atom is -0.338 e. The van der Waals surface area contributed by atoms with Crippen LogP contribution in [-0.2, 0) is 9.84 Å². The molecule has 0 unspecified atom stereocenters. The number of amides is 1. The average molecular weight is 418 g/mol. The first-order valence-electron chi connectivity index (χ1n) is 7.96. The number of hydrogen-bond donors (Lipinski definition) is 0. The fourth-order valence-corrected chi connectivity index (χ4v) is 5.99. The summed E-state index contributed by atoms with van der Waals surface area (Å²) in [5, 5.41) is 2.29. The first kappa shape index (κ1) is 19.3. The van der Waals surface area contributed by atoms with Gasteiger partial charge >= 0.3 is 5.76 Å². The zero-order valence-electron chi connectivity index (χ0n) is 13.7. The van der Waals surface area contributed by atoms with Crippen molar-refractivity contribution in [3.05, 3.63) is 52.2 Å². The quantitative estimate of drug-likeness (QED) is 0.753. The van der Waals surface area contributed by atoms with Crippen molar-refractivity contribution in [2.45, 2.75) is 22.3 Å². The summed E-state index contributed by atoms with van der Waals surface area (Å²) in [5.41, 5.74) is -0.188. The highest BCUT2D eigenvalue weighted by molar-refractivity contribution is 7.99.